The highest BCUT2D eigenvalue weighted by Gasteiger charge is 2.27. The van der Waals surface area contributed by atoms with Gasteiger partial charge in [0.05, 0.1) is 16.5 Å². The number of carbonyl (C=O) groups is 1. The van der Waals surface area contributed by atoms with Crippen LogP contribution in [-0.4, -0.2) is 11.9 Å². The maximum Gasteiger partial charge on any atom is 0.229 e. The normalized spacial score (nSPS) is 22.6. The molecule has 3 N–H and O–H groups in total. The standard InChI is InChI=1S/C15H18ClN3O/c16-13-7-6-11(8-10(13)9-17)19-15(20)12-4-2-1-3-5-14(12)18/h6-8,12,14H,1-5,18H2,(H,19,20). The number of nitriles is 1. The lowest BCUT2D eigenvalue weighted by Crippen LogP contribution is -2.37. The van der Waals surface area contributed by atoms with Crippen molar-refractivity contribution in [2.75, 3.05) is 5.32 Å². The molecule has 5 heteroatoms. The van der Waals surface area contributed by atoms with E-state index in [-0.39, 0.29) is 17.9 Å². The molecule has 0 radical (unpaired) electrons. The van der Waals surface area contributed by atoms with Crippen LogP contribution in [0.1, 0.15) is 37.7 Å². The molecule has 1 saturated carbocycles. The highest BCUT2D eigenvalue weighted by atomic mass is 35.5. The Morgan fingerprint density at radius 3 is 2.85 bits per heavy atom. The number of hydrogen-bond donors (Lipinski definition) is 2. The zero-order chi connectivity index (χ0) is 14.5. The number of nitrogens with zero attached hydrogens (tertiary/aromatic N) is 1. The van der Waals surface area contributed by atoms with Crippen molar-refractivity contribution in [3.63, 3.8) is 0 Å². The van der Waals surface area contributed by atoms with Crippen molar-refractivity contribution in [1.29, 1.82) is 5.26 Å². The van der Waals surface area contributed by atoms with Gasteiger partial charge in [0.2, 0.25) is 5.91 Å². The van der Waals surface area contributed by atoms with Crippen molar-refractivity contribution in [2.24, 2.45) is 11.7 Å². The molecule has 2 rings (SSSR count). The first-order valence-corrected chi connectivity index (χ1v) is 7.25. The lowest BCUT2D eigenvalue weighted by Gasteiger charge is -2.20. The van der Waals surface area contributed by atoms with E-state index < -0.39 is 0 Å². The zero-order valence-electron chi connectivity index (χ0n) is 11.2. The molecule has 2 atom stereocenters. The third-order valence-corrected chi connectivity index (χ3v) is 4.09. The summed E-state index contributed by atoms with van der Waals surface area (Å²) in [5.74, 6) is -0.218. The van der Waals surface area contributed by atoms with E-state index in [1.165, 1.54) is 0 Å². The Morgan fingerprint density at radius 2 is 2.10 bits per heavy atom. The molecule has 0 aromatic heterocycles. The second-order valence-electron chi connectivity index (χ2n) is 5.20. The van der Waals surface area contributed by atoms with Crippen molar-refractivity contribution in [3.8, 4) is 6.07 Å². The fraction of sp³-hybridized carbons (Fsp3) is 0.467. The average Bonchev–Trinajstić information content (AvgIpc) is 2.65. The van der Waals surface area contributed by atoms with Gasteiger partial charge in [0.25, 0.3) is 0 Å². The Labute approximate surface area is 123 Å². The Morgan fingerprint density at radius 1 is 1.35 bits per heavy atom. The third-order valence-electron chi connectivity index (χ3n) is 3.76. The second kappa shape index (κ2) is 6.74. The summed E-state index contributed by atoms with van der Waals surface area (Å²) < 4.78 is 0. The van der Waals surface area contributed by atoms with Gasteiger partial charge in [-0.2, -0.15) is 5.26 Å². The molecule has 0 heterocycles. The van der Waals surface area contributed by atoms with E-state index in [2.05, 4.69) is 5.32 Å². The summed E-state index contributed by atoms with van der Waals surface area (Å²) in [6, 6.07) is 6.81. The molecule has 0 spiro atoms. The predicted molar refractivity (Wildman–Crippen MR) is 79.3 cm³/mol. The molecule has 20 heavy (non-hydrogen) atoms. The zero-order valence-corrected chi connectivity index (χ0v) is 12.0. The summed E-state index contributed by atoms with van der Waals surface area (Å²) >= 11 is 5.87. The number of hydrogen-bond acceptors (Lipinski definition) is 3. The van der Waals surface area contributed by atoms with Gasteiger partial charge in [-0.05, 0) is 31.0 Å². The van der Waals surface area contributed by atoms with Crippen molar-refractivity contribution in [1.82, 2.24) is 0 Å². The summed E-state index contributed by atoms with van der Waals surface area (Å²) in [6.45, 7) is 0. The van der Waals surface area contributed by atoms with E-state index in [0.29, 0.717) is 16.3 Å². The van der Waals surface area contributed by atoms with E-state index in [1.807, 2.05) is 6.07 Å². The van der Waals surface area contributed by atoms with E-state index in [0.717, 1.165) is 32.1 Å². The smallest absolute Gasteiger partial charge is 0.229 e. The molecular formula is C15H18ClN3O. The van der Waals surface area contributed by atoms with E-state index in [4.69, 9.17) is 22.6 Å². The monoisotopic (exact) mass is 291 g/mol. The molecule has 1 amide bonds. The minimum absolute atomic E-state index is 0.0642. The Balaban J connectivity index is 2.09. The first kappa shape index (κ1) is 14.8. The molecule has 0 aliphatic heterocycles. The third kappa shape index (κ3) is 3.50. The minimum atomic E-state index is -0.154. The van der Waals surface area contributed by atoms with Gasteiger partial charge in [0.1, 0.15) is 6.07 Å². The summed E-state index contributed by atoms with van der Waals surface area (Å²) in [6.07, 6.45) is 4.98. The molecule has 1 aromatic rings. The Hall–Kier alpha value is -1.57. The van der Waals surface area contributed by atoms with Gasteiger partial charge in [-0.3, -0.25) is 4.79 Å². The van der Waals surface area contributed by atoms with Gasteiger partial charge in [0, 0.05) is 11.7 Å². The van der Waals surface area contributed by atoms with Crippen LogP contribution in [0.5, 0.6) is 0 Å². The van der Waals surface area contributed by atoms with Crippen LogP contribution in [-0.2, 0) is 4.79 Å². The average molecular weight is 292 g/mol. The number of amides is 1. The maximum absolute atomic E-state index is 12.3. The number of nitrogens with one attached hydrogen (secondary N) is 1. The van der Waals surface area contributed by atoms with E-state index in [9.17, 15) is 4.79 Å². The molecule has 1 aromatic carbocycles. The lowest BCUT2D eigenvalue weighted by atomic mass is 9.94. The summed E-state index contributed by atoms with van der Waals surface area (Å²) in [5, 5.41) is 12.2. The molecule has 1 aliphatic carbocycles. The molecule has 1 fully saturated rings. The maximum atomic E-state index is 12.3. The Bertz CT molecular complexity index is 538. The van der Waals surface area contributed by atoms with Gasteiger partial charge < -0.3 is 11.1 Å². The van der Waals surface area contributed by atoms with Crippen LogP contribution in [0, 0.1) is 17.2 Å². The van der Waals surface area contributed by atoms with Gasteiger partial charge >= 0.3 is 0 Å². The first-order chi connectivity index (χ1) is 9.61. The topological polar surface area (TPSA) is 78.9 Å². The van der Waals surface area contributed by atoms with Crippen molar-refractivity contribution in [2.45, 2.75) is 38.1 Å². The van der Waals surface area contributed by atoms with Gasteiger partial charge in [-0.15, -0.1) is 0 Å². The fourth-order valence-corrected chi connectivity index (χ4v) is 2.75. The molecule has 0 saturated heterocycles. The van der Waals surface area contributed by atoms with Crippen molar-refractivity contribution < 1.29 is 4.79 Å². The van der Waals surface area contributed by atoms with Gasteiger partial charge in [-0.1, -0.05) is 30.9 Å². The molecule has 4 nitrogen and oxygen atoms in total. The lowest BCUT2D eigenvalue weighted by molar-refractivity contribution is -0.120. The highest BCUT2D eigenvalue weighted by molar-refractivity contribution is 6.31. The van der Waals surface area contributed by atoms with Gasteiger partial charge in [-0.25, -0.2) is 0 Å². The molecule has 106 valence electrons. The molecule has 0 bridgehead atoms. The SMILES string of the molecule is N#Cc1cc(NC(=O)C2CCCCCC2N)ccc1Cl. The summed E-state index contributed by atoms with van der Waals surface area (Å²) in [5.41, 5.74) is 7.03. The van der Waals surface area contributed by atoms with E-state index >= 15 is 0 Å². The number of carbonyl (C=O) groups excluding carboxylic acids is 1. The van der Waals surface area contributed by atoms with Crippen LogP contribution in [0.25, 0.3) is 0 Å². The molecular weight excluding hydrogens is 274 g/mol. The minimum Gasteiger partial charge on any atom is -0.327 e. The van der Waals surface area contributed by atoms with Crippen LogP contribution >= 0.6 is 11.6 Å². The quantitative estimate of drug-likeness (QED) is 0.822. The predicted octanol–water partition coefficient (Wildman–Crippen LogP) is 3.06. The Kier molecular flexibility index (Phi) is 4.99. The van der Waals surface area contributed by atoms with E-state index in [1.54, 1.807) is 18.2 Å². The second-order valence-corrected chi connectivity index (χ2v) is 5.61. The molecule has 2 unspecified atom stereocenters. The summed E-state index contributed by atoms with van der Waals surface area (Å²) in [7, 11) is 0. The fourth-order valence-electron chi connectivity index (χ4n) is 2.59. The number of benzene rings is 1. The van der Waals surface area contributed by atoms with Crippen LogP contribution in [0.15, 0.2) is 18.2 Å². The van der Waals surface area contributed by atoms with Crippen LogP contribution in [0.2, 0.25) is 5.02 Å². The number of halogens is 1. The summed E-state index contributed by atoms with van der Waals surface area (Å²) in [4.78, 5) is 12.3. The van der Waals surface area contributed by atoms with Crippen LogP contribution in [0.4, 0.5) is 5.69 Å². The van der Waals surface area contributed by atoms with Crippen molar-refractivity contribution in [3.05, 3.63) is 28.8 Å². The van der Waals surface area contributed by atoms with Crippen LogP contribution < -0.4 is 11.1 Å². The largest absolute Gasteiger partial charge is 0.327 e. The first-order valence-electron chi connectivity index (χ1n) is 6.88. The van der Waals surface area contributed by atoms with Gasteiger partial charge in [0.15, 0.2) is 0 Å². The number of anilines is 1. The van der Waals surface area contributed by atoms with Crippen molar-refractivity contribution >= 4 is 23.2 Å². The van der Waals surface area contributed by atoms with Crippen LogP contribution in [0.3, 0.4) is 0 Å². The highest BCUT2D eigenvalue weighted by Crippen LogP contribution is 2.25. The number of nitrogens with two attached hydrogens (primary N) is 1. The molecule has 1 aliphatic rings. The number of rotatable bonds is 2.